The molecule has 0 aliphatic carbocycles. The lowest BCUT2D eigenvalue weighted by molar-refractivity contribution is 0.170. The molecular formula is C22H22N6O. The van der Waals surface area contributed by atoms with Crippen LogP contribution in [0.5, 0.6) is 0 Å². The maximum absolute atomic E-state index is 9.33. The highest BCUT2D eigenvalue weighted by Crippen LogP contribution is 2.39. The molecule has 2 aromatic heterocycles. The van der Waals surface area contributed by atoms with E-state index >= 15 is 0 Å². The van der Waals surface area contributed by atoms with Gasteiger partial charge in [0, 0.05) is 49.7 Å². The van der Waals surface area contributed by atoms with Crippen molar-refractivity contribution in [2.45, 2.75) is 31.8 Å². The zero-order valence-electron chi connectivity index (χ0n) is 16.3. The van der Waals surface area contributed by atoms with Crippen LogP contribution in [0.1, 0.15) is 35.8 Å². The third-order valence-corrected chi connectivity index (χ3v) is 5.96. The van der Waals surface area contributed by atoms with Crippen molar-refractivity contribution in [3.05, 3.63) is 59.7 Å². The number of hydrogen-bond acceptors (Lipinski definition) is 7. The van der Waals surface area contributed by atoms with E-state index in [1.807, 2.05) is 6.07 Å². The standard InChI is InChI=1S/C22H22N6O/c1-15-3-2-4-16(11-15)21-12-18(26-29-21)20-6-5-17-14-27(9-10-28(17)20)22-19(13-23)24-7-8-25-22/h2-4,7-8,11-12,17,20H,5-6,9-10,14H2,1H3/t17?,20-/m1/s1. The maximum Gasteiger partial charge on any atom is 0.183 e. The van der Waals surface area contributed by atoms with Crippen LogP contribution in [0, 0.1) is 18.3 Å². The number of nitriles is 1. The lowest BCUT2D eigenvalue weighted by Gasteiger charge is -2.40. The molecule has 2 aliphatic heterocycles. The molecule has 2 fully saturated rings. The van der Waals surface area contributed by atoms with Crippen molar-refractivity contribution >= 4 is 5.82 Å². The van der Waals surface area contributed by atoms with Crippen molar-refractivity contribution in [3.63, 3.8) is 0 Å². The molecule has 29 heavy (non-hydrogen) atoms. The zero-order valence-corrected chi connectivity index (χ0v) is 16.3. The van der Waals surface area contributed by atoms with Gasteiger partial charge in [-0.05, 0) is 25.8 Å². The Hall–Kier alpha value is -3.24. The van der Waals surface area contributed by atoms with Crippen molar-refractivity contribution in [1.82, 2.24) is 20.0 Å². The van der Waals surface area contributed by atoms with Gasteiger partial charge >= 0.3 is 0 Å². The smallest absolute Gasteiger partial charge is 0.183 e. The molecule has 7 heteroatoms. The first-order valence-electron chi connectivity index (χ1n) is 9.98. The molecule has 2 aliphatic rings. The fraction of sp³-hybridized carbons (Fsp3) is 0.364. The van der Waals surface area contributed by atoms with Gasteiger partial charge in [0.15, 0.2) is 17.3 Å². The molecule has 146 valence electrons. The Bertz CT molecular complexity index is 1070. The summed E-state index contributed by atoms with van der Waals surface area (Å²) in [5, 5.41) is 13.7. The predicted octanol–water partition coefficient (Wildman–Crippen LogP) is 3.34. The van der Waals surface area contributed by atoms with Crippen molar-refractivity contribution in [3.8, 4) is 17.4 Å². The van der Waals surface area contributed by atoms with Crippen LogP contribution in [-0.4, -0.2) is 45.7 Å². The number of hydrogen-bond donors (Lipinski definition) is 0. The van der Waals surface area contributed by atoms with Gasteiger partial charge < -0.3 is 9.42 Å². The summed E-state index contributed by atoms with van der Waals surface area (Å²) in [5.74, 6) is 1.52. The van der Waals surface area contributed by atoms with Gasteiger partial charge in [-0.3, -0.25) is 4.90 Å². The quantitative estimate of drug-likeness (QED) is 0.683. The van der Waals surface area contributed by atoms with Crippen molar-refractivity contribution in [1.29, 1.82) is 5.26 Å². The maximum atomic E-state index is 9.33. The lowest BCUT2D eigenvalue weighted by atomic mass is 10.1. The van der Waals surface area contributed by atoms with E-state index in [1.54, 1.807) is 12.4 Å². The summed E-state index contributed by atoms with van der Waals surface area (Å²) in [5.41, 5.74) is 3.68. The van der Waals surface area contributed by atoms with Crippen LogP contribution in [0.3, 0.4) is 0 Å². The molecule has 0 saturated carbocycles. The molecule has 5 rings (SSSR count). The van der Waals surface area contributed by atoms with E-state index < -0.39 is 0 Å². The van der Waals surface area contributed by atoms with Crippen molar-refractivity contribution < 1.29 is 4.52 Å². The molecule has 1 unspecified atom stereocenters. The number of benzene rings is 1. The molecule has 0 amide bonds. The molecule has 2 saturated heterocycles. The second-order valence-electron chi connectivity index (χ2n) is 7.76. The minimum Gasteiger partial charge on any atom is -0.356 e. The molecular weight excluding hydrogens is 364 g/mol. The molecule has 3 aromatic rings. The van der Waals surface area contributed by atoms with E-state index in [4.69, 9.17) is 4.52 Å². The van der Waals surface area contributed by atoms with Crippen LogP contribution in [-0.2, 0) is 0 Å². The molecule has 0 N–H and O–H groups in total. The summed E-state index contributed by atoms with van der Waals surface area (Å²) in [7, 11) is 0. The van der Waals surface area contributed by atoms with Gasteiger partial charge in [-0.15, -0.1) is 0 Å². The summed E-state index contributed by atoms with van der Waals surface area (Å²) in [6.07, 6.45) is 5.38. The Morgan fingerprint density at radius 2 is 2.03 bits per heavy atom. The monoisotopic (exact) mass is 386 g/mol. The Kier molecular flexibility index (Phi) is 4.49. The van der Waals surface area contributed by atoms with E-state index in [9.17, 15) is 5.26 Å². The van der Waals surface area contributed by atoms with Crippen molar-refractivity contribution in [2.24, 2.45) is 0 Å². The molecule has 0 spiro atoms. The topological polar surface area (TPSA) is 82.1 Å². The average molecular weight is 386 g/mol. The van der Waals surface area contributed by atoms with Gasteiger partial charge in [-0.25, -0.2) is 9.97 Å². The summed E-state index contributed by atoms with van der Waals surface area (Å²) in [6, 6.07) is 13.2. The van der Waals surface area contributed by atoms with E-state index in [-0.39, 0.29) is 6.04 Å². The highest BCUT2D eigenvalue weighted by molar-refractivity contribution is 5.58. The fourth-order valence-corrected chi connectivity index (χ4v) is 4.58. The van der Waals surface area contributed by atoms with E-state index in [2.05, 4.69) is 62.2 Å². The van der Waals surface area contributed by atoms with Crippen LogP contribution < -0.4 is 4.90 Å². The van der Waals surface area contributed by atoms with Crippen LogP contribution in [0.4, 0.5) is 5.82 Å². The Morgan fingerprint density at radius 1 is 1.14 bits per heavy atom. The van der Waals surface area contributed by atoms with E-state index in [0.717, 1.165) is 49.5 Å². The number of piperazine rings is 1. The first-order valence-corrected chi connectivity index (χ1v) is 9.98. The van der Waals surface area contributed by atoms with Gasteiger partial charge in [-0.2, -0.15) is 5.26 Å². The molecule has 7 nitrogen and oxygen atoms in total. The second kappa shape index (κ2) is 7.30. The third kappa shape index (κ3) is 3.26. The molecule has 4 heterocycles. The normalized spacial score (nSPS) is 21.7. The average Bonchev–Trinajstić information content (AvgIpc) is 3.40. The summed E-state index contributed by atoms with van der Waals surface area (Å²) in [4.78, 5) is 13.3. The second-order valence-corrected chi connectivity index (χ2v) is 7.76. The number of nitrogens with zero attached hydrogens (tertiary/aromatic N) is 6. The summed E-state index contributed by atoms with van der Waals surface area (Å²) >= 11 is 0. The highest BCUT2D eigenvalue weighted by Gasteiger charge is 2.40. The van der Waals surface area contributed by atoms with E-state index in [1.165, 1.54) is 5.56 Å². The lowest BCUT2D eigenvalue weighted by Crippen LogP contribution is -2.51. The highest BCUT2D eigenvalue weighted by atomic mass is 16.5. The van der Waals surface area contributed by atoms with Crippen LogP contribution >= 0.6 is 0 Å². The Labute approximate surface area is 169 Å². The Balaban J connectivity index is 1.33. The fourth-order valence-electron chi connectivity index (χ4n) is 4.58. The minimum absolute atomic E-state index is 0.279. The number of anilines is 1. The first kappa shape index (κ1) is 17.8. The SMILES string of the molecule is Cc1cccc(-c2cc([C@H]3CCC4CN(c5nccnc5C#N)CCN43)no2)c1. The summed E-state index contributed by atoms with van der Waals surface area (Å²) < 4.78 is 5.68. The largest absolute Gasteiger partial charge is 0.356 e. The molecule has 2 atom stereocenters. The van der Waals surface area contributed by atoms with Gasteiger partial charge in [0.05, 0.1) is 6.04 Å². The number of rotatable bonds is 3. The van der Waals surface area contributed by atoms with E-state index in [0.29, 0.717) is 17.6 Å². The van der Waals surface area contributed by atoms with Crippen LogP contribution in [0.2, 0.25) is 0 Å². The molecule has 0 bridgehead atoms. The number of fused-ring (bicyclic) bond motifs is 1. The van der Waals surface area contributed by atoms with Gasteiger partial charge in [0.25, 0.3) is 0 Å². The number of aryl methyl sites for hydroxylation is 1. The van der Waals surface area contributed by atoms with Gasteiger partial charge in [0.1, 0.15) is 11.8 Å². The van der Waals surface area contributed by atoms with Gasteiger partial charge in [0.2, 0.25) is 0 Å². The zero-order chi connectivity index (χ0) is 19.8. The molecule has 1 aromatic carbocycles. The van der Waals surface area contributed by atoms with Crippen LogP contribution in [0.25, 0.3) is 11.3 Å². The van der Waals surface area contributed by atoms with Crippen molar-refractivity contribution in [2.75, 3.05) is 24.5 Å². The summed E-state index contributed by atoms with van der Waals surface area (Å²) in [6.45, 7) is 4.66. The Morgan fingerprint density at radius 3 is 2.90 bits per heavy atom. The number of aromatic nitrogens is 3. The first-order chi connectivity index (χ1) is 14.2. The third-order valence-electron chi connectivity index (χ3n) is 5.96. The minimum atomic E-state index is 0.279. The van der Waals surface area contributed by atoms with Gasteiger partial charge in [-0.1, -0.05) is 28.9 Å². The predicted molar refractivity (Wildman–Crippen MR) is 108 cm³/mol. The molecule has 0 radical (unpaired) electrons. The van der Waals surface area contributed by atoms with Crippen LogP contribution in [0.15, 0.2) is 47.2 Å².